The van der Waals surface area contributed by atoms with E-state index in [4.69, 9.17) is 0 Å². The molecule has 0 bridgehead atoms. The molecule has 2 aromatic heterocycles. The molecule has 0 saturated heterocycles. The second-order valence-corrected chi connectivity index (χ2v) is 9.44. The van der Waals surface area contributed by atoms with Crippen LogP contribution in [0.25, 0.3) is 22.2 Å². The van der Waals surface area contributed by atoms with Crippen molar-refractivity contribution < 1.29 is 21.6 Å². The van der Waals surface area contributed by atoms with Crippen molar-refractivity contribution in [1.29, 1.82) is 0 Å². The van der Waals surface area contributed by atoms with Crippen LogP contribution in [0.3, 0.4) is 0 Å². The van der Waals surface area contributed by atoms with Gasteiger partial charge in [-0.25, -0.2) is 13.4 Å². The molecular weight excluding hydrogens is 437 g/mol. The van der Waals surface area contributed by atoms with Gasteiger partial charge in [0.15, 0.2) is 9.84 Å². The topological polar surface area (TPSA) is 79.9 Å². The molecule has 4 rings (SSSR count). The van der Waals surface area contributed by atoms with Crippen LogP contribution < -0.4 is 5.56 Å². The standard InChI is InChI=1S/C20H13F3N2O3S2/c21-20(22,23)13-7-6-12-8-15(19(26)25-16(12)9-13)17-10-29-18(24-17)11-30(27,28)14-4-2-1-3-5-14/h1-10H,11H2,(H,25,26). The number of nitrogens with one attached hydrogen (secondary N) is 1. The number of aromatic amines is 1. The van der Waals surface area contributed by atoms with Gasteiger partial charge in [0.2, 0.25) is 0 Å². The number of fused-ring (bicyclic) bond motifs is 1. The molecule has 2 heterocycles. The molecule has 0 spiro atoms. The highest BCUT2D eigenvalue weighted by atomic mass is 32.2. The van der Waals surface area contributed by atoms with Gasteiger partial charge in [-0.3, -0.25) is 4.79 Å². The molecule has 0 aliphatic rings. The van der Waals surface area contributed by atoms with Crippen molar-refractivity contribution >= 4 is 32.1 Å². The summed E-state index contributed by atoms with van der Waals surface area (Å²) >= 11 is 1.09. The molecule has 0 fully saturated rings. The number of sulfone groups is 1. The van der Waals surface area contributed by atoms with Gasteiger partial charge in [0.05, 0.1) is 21.7 Å². The molecule has 1 N–H and O–H groups in total. The maximum Gasteiger partial charge on any atom is 0.416 e. The van der Waals surface area contributed by atoms with Crippen LogP contribution in [0.2, 0.25) is 0 Å². The first-order valence-electron chi connectivity index (χ1n) is 8.60. The summed E-state index contributed by atoms with van der Waals surface area (Å²) in [4.78, 5) is 19.3. The average Bonchev–Trinajstić information content (AvgIpc) is 3.14. The Morgan fingerprint density at radius 3 is 2.47 bits per heavy atom. The summed E-state index contributed by atoms with van der Waals surface area (Å²) in [5.74, 6) is -0.317. The summed E-state index contributed by atoms with van der Waals surface area (Å²) in [6.07, 6.45) is -4.52. The fourth-order valence-corrected chi connectivity index (χ4v) is 5.39. The molecule has 30 heavy (non-hydrogen) atoms. The number of H-pyrrole nitrogens is 1. The van der Waals surface area contributed by atoms with Gasteiger partial charge in [0.1, 0.15) is 10.8 Å². The second-order valence-electron chi connectivity index (χ2n) is 6.51. The van der Waals surface area contributed by atoms with E-state index in [0.717, 1.165) is 23.5 Å². The third-order valence-corrected chi connectivity index (χ3v) is 7.09. The van der Waals surface area contributed by atoms with Crippen molar-refractivity contribution in [3.63, 3.8) is 0 Å². The first-order valence-corrected chi connectivity index (χ1v) is 11.1. The predicted octanol–water partition coefficient (Wildman–Crippen LogP) is 4.64. The van der Waals surface area contributed by atoms with E-state index in [1.165, 1.54) is 24.3 Å². The number of thiazole rings is 1. The minimum atomic E-state index is -4.52. The Balaban J connectivity index is 1.68. The van der Waals surface area contributed by atoms with E-state index < -0.39 is 27.1 Å². The van der Waals surface area contributed by atoms with Gasteiger partial charge >= 0.3 is 6.18 Å². The number of benzene rings is 2. The minimum Gasteiger partial charge on any atom is -0.321 e. The Morgan fingerprint density at radius 2 is 1.77 bits per heavy atom. The number of hydrogen-bond acceptors (Lipinski definition) is 5. The van der Waals surface area contributed by atoms with Crippen LogP contribution >= 0.6 is 11.3 Å². The Hall–Kier alpha value is -2.98. The van der Waals surface area contributed by atoms with Gasteiger partial charge in [0, 0.05) is 10.9 Å². The molecular formula is C20H13F3N2O3S2. The summed E-state index contributed by atoms with van der Waals surface area (Å²) in [6, 6.07) is 12.5. The molecule has 10 heteroatoms. The van der Waals surface area contributed by atoms with Crippen LogP contribution in [0.1, 0.15) is 10.6 Å². The Bertz CT molecular complexity index is 1390. The molecule has 0 amide bonds. The fourth-order valence-electron chi connectivity index (χ4n) is 2.94. The number of aromatic nitrogens is 2. The average molecular weight is 450 g/mol. The van der Waals surface area contributed by atoms with Crippen molar-refractivity contribution in [3.05, 3.63) is 80.9 Å². The lowest BCUT2D eigenvalue weighted by Crippen LogP contribution is -2.11. The van der Waals surface area contributed by atoms with Gasteiger partial charge < -0.3 is 4.98 Å². The third kappa shape index (κ3) is 4.01. The monoisotopic (exact) mass is 450 g/mol. The van der Waals surface area contributed by atoms with Gasteiger partial charge in [-0.15, -0.1) is 11.3 Å². The minimum absolute atomic E-state index is 0.0562. The smallest absolute Gasteiger partial charge is 0.321 e. The van der Waals surface area contributed by atoms with Crippen molar-refractivity contribution in [2.24, 2.45) is 0 Å². The first kappa shape index (κ1) is 20.3. The fraction of sp³-hybridized carbons (Fsp3) is 0.100. The highest BCUT2D eigenvalue weighted by molar-refractivity contribution is 7.90. The lowest BCUT2D eigenvalue weighted by atomic mass is 10.1. The summed E-state index contributed by atoms with van der Waals surface area (Å²) in [6.45, 7) is 0. The van der Waals surface area contributed by atoms with E-state index >= 15 is 0 Å². The normalized spacial score (nSPS) is 12.4. The Morgan fingerprint density at radius 1 is 1.03 bits per heavy atom. The van der Waals surface area contributed by atoms with E-state index in [9.17, 15) is 26.4 Å². The van der Waals surface area contributed by atoms with E-state index in [0.29, 0.717) is 10.4 Å². The van der Waals surface area contributed by atoms with Crippen LogP contribution in [0, 0.1) is 0 Å². The molecule has 4 aromatic rings. The quantitative estimate of drug-likeness (QED) is 0.491. The molecule has 2 aromatic carbocycles. The van der Waals surface area contributed by atoms with Crippen LogP contribution in [0.5, 0.6) is 0 Å². The van der Waals surface area contributed by atoms with Crippen LogP contribution in [-0.4, -0.2) is 18.4 Å². The number of alkyl halides is 3. The summed E-state index contributed by atoms with van der Waals surface area (Å²) in [5.41, 5.74) is -0.992. The molecule has 0 unspecified atom stereocenters. The molecule has 0 aliphatic carbocycles. The maximum atomic E-state index is 12.9. The van der Waals surface area contributed by atoms with Gasteiger partial charge in [-0.2, -0.15) is 13.2 Å². The van der Waals surface area contributed by atoms with E-state index in [1.54, 1.807) is 23.6 Å². The SMILES string of the molecule is O=c1[nH]c2cc(C(F)(F)F)ccc2cc1-c1csc(CS(=O)(=O)c2ccccc2)n1. The van der Waals surface area contributed by atoms with Gasteiger partial charge in [0.25, 0.3) is 5.56 Å². The van der Waals surface area contributed by atoms with Gasteiger partial charge in [-0.05, 0) is 35.7 Å². The van der Waals surface area contributed by atoms with E-state index in [1.807, 2.05) is 0 Å². The van der Waals surface area contributed by atoms with Crippen molar-refractivity contribution in [1.82, 2.24) is 9.97 Å². The van der Waals surface area contributed by atoms with Gasteiger partial charge in [-0.1, -0.05) is 24.3 Å². The molecule has 154 valence electrons. The molecule has 5 nitrogen and oxygen atoms in total. The summed E-state index contributed by atoms with van der Waals surface area (Å²) in [7, 11) is -3.59. The highest BCUT2D eigenvalue weighted by Gasteiger charge is 2.30. The predicted molar refractivity (Wildman–Crippen MR) is 108 cm³/mol. The van der Waals surface area contributed by atoms with Crippen LogP contribution in [0.4, 0.5) is 13.2 Å². The zero-order chi connectivity index (χ0) is 21.5. The van der Waals surface area contributed by atoms with Crippen LogP contribution in [0.15, 0.2) is 69.7 Å². The highest BCUT2D eigenvalue weighted by Crippen LogP contribution is 2.31. The lowest BCUT2D eigenvalue weighted by molar-refractivity contribution is -0.137. The van der Waals surface area contributed by atoms with Crippen molar-refractivity contribution in [3.8, 4) is 11.3 Å². The molecule has 0 radical (unpaired) electrons. The second kappa shape index (κ2) is 7.37. The number of nitrogens with zero attached hydrogens (tertiary/aromatic N) is 1. The lowest BCUT2D eigenvalue weighted by Gasteiger charge is -2.08. The summed E-state index contributed by atoms with van der Waals surface area (Å²) in [5, 5.41) is 2.26. The van der Waals surface area contributed by atoms with E-state index in [2.05, 4.69) is 9.97 Å². The number of halogens is 3. The largest absolute Gasteiger partial charge is 0.416 e. The number of rotatable bonds is 4. The molecule has 0 aliphatic heterocycles. The Kier molecular flexibility index (Phi) is 4.99. The van der Waals surface area contributed by atoms with Crippen molar-refractivity contribution in [2.45, 2.75) is 16.8 Å². The molecule has 0 saturated carbocycles. The molecule has 0 atom stereocenters. The third-order valence-electron chi connectivity index (χ3n) is 4.42. The van der Waals surface area contributed by atoms with E-state index in [-0.39, 0.29) is 27.4 Å². The van der Waals surface area contributed by atoms with Crippen LogP contribution in [-0.2, 0) is 21.8 Å². The number of pyridine rings is 1. The first-order chi connectivity index (χ1) is 14.1. The zero-order valence-corrected chi connectivity index (χ0v) is 16.7. The Labute approximate surface area is 172 Å². The summed E-state index contributed by atoms with van der Waals surface area (Å²) < 4.78 is 63.6. The van der Waals surface area contributed by atoms with Crippen molar-refractivity contribution in [2.75, 3.05) is 0 Å². The maximum absolute atomic E-state index is 12.9. The number of hydrogen-bond donors (Lipinski definition) is 1. The zero-order valence-electron chi connectivity index (χ0n) is 15.1.